The minimum Gasteiger partial charge on any atom is -0.489 e. The molecule has 31 heavy (non-hydrogen) atoms. The van der Waals surface area contributed by atoms with E-state index in [1.165, 1.54) is 6.07 Å². The van der Waals surface area contributed by atoms with Gasteiger partial charge in [-0.05, 0) is 48.7 Å². The van der Waals surface area contributed by atoms with Crippen molar-refractivity contribution in [3.05, 3.63) is 76.5 Å². The normalized spacial score (nSPS) is 10.8. The molecule has 0 aliphatic heterocycles. The number of para-hydroxylation sites is 1. The maximum absolute atomic E-state index is 14.0. The van der Waals surface area contributed by atoms with Crippen LogP contribution < -0.4 is 15.4 Å². The third-order valence-electron chi connectivity index (χ3n) is 4.53. The second kappa shape index (κ2) is 9.40. The molecule has 9 heteroatoms. The minimum atomic E-state index is -0.404. The van der Waals surface area contributed by atoms with E-state index in [-0.39, 0.29) is 12.4 Å². The van der Waals surface area contributed by atoms with E-state index in [2.05, 4.69) is 36.8 Å². The predicted molar refractivity (Wildman–Crippen MR) is 125 cm³/mol. The van der Waals surface area contributed by atoms with Crippen molar-refractivity contribution in [1.82, 2.24) is 10.2 Å². The number of nitrogens with one attached hydrogen (secondary N) is 3. The molecule has 0 saturated carbocycles. The summed E-state index contributed by atoms with van der Waals surface area (Å²) >= 11 is 4.78. The van der Waals surface area contributed by atoms with Crippen molar-refractivity contribution < 1.29 is 13.9 Å². The molecule has 0 spiro atoms. The predicted octanol–water partition coefficient (Wildman–Crippen LogP) is 6.41. The van der Waals surface area contributed by atoms with Crippen LogP contribution in [0.4, 0.5) is 20.7 Å². The largest absolute Gasteiger partial charge is 0.489 e. The van der Waals surface area contributed by atoms with Gasteiger partial charge < -0.3 is 10.1 Å². The van der Waals surface area contributed by atoms with Crippen molar-refractivity contribution in [2.24, 2.45) is 0 Å². The van der Waals surface area contributed by atoms with Crippen LogP contribution in [0.3, 0.4) is 0 Å². The number of carbonyl (C=O) groups is 1. The van der Waals surface area contributed by atoms with Crippen molar-refractivity contribution in [3.8, 4) is 5.75 Å². The number of fused-ring (bicyclic) bond motifs is 1. The van der Waals surface area contributed by atoms with Crippen molar-refractivity contribution in [3.63, 3.8) is 0 Å². The number of urea groups is 1. The number of halogens is 2. The van der Waals surface area contributed by atoms with E-state index < -0.39 is 6.03 Å². The Kier molecular flexibility index (Phi) is 6.43. The van der Waals surface area contributed by atoms with Crippen molar-refractivity contribution >= 4 is 56.1 Å². The molecule has 3 aromatic carbocycles. The number of amides is 2. The molecule has 0 aliphatic carbocycles. The molecular weight excluding hydrogens is 483 g/mol. The second-order valence-corrected chi connectivity index (χ2v) is 8.35. The van der Waals surface area contributed by atoms with Gasteiger partial charge in [-0.25, -0.2) is 9.18 Å². The summed E-state index contributed by atoms with van der Waals surface area (Å²) in [5, 5.41) is 13.3. The van der Waals surface area contributed by atoms with Crippen molar-refractivity contribution in [2.75, 3.05) is 16.9 Å². The van der Waals surface area contributed by atoms with Gasteiger partial charge in [-0.15, -0.1) is 11.8 Å². The molecule has 0 aliphatic rings. The molecule has 6 nitrogen and oxygen atoms in total. The summed E-state index contributed by atoms with van der Waals surface area (Å²) in [6, 6.07) is 17.3. The number of hydrogen-bond acceptors (Lipinski definition) is 4. The van der Waals surface area contributed by atoms with Crippen LogP contribution in [0.2, 0.25) is 0 Å². The standard InChI is InChI=1S/C22H18BrFN4O2S/c1-31-20-5-3-2-4-19(20)25-22(29)26-21-16-11-15(8-9-18(16)27-28-21)30-12-13-6-7-14(23)10-17(13)24/h2-11H,12H2,1H3,(H3,25,26,27,28,29). The van der Waals surface area contributed by atoms with Crippen LogP contribution >= 0.6 is 27.7 Å². The third-order valence-corrected chi connectivity index (χ3v) is 5.82. The number of aromatic amines is 1. The summed E-state index contributed by atoms with van der Waals surface area (Å²) in [5.41, 5.74) is 1.90. The number of hydrogen-bond donors (Lipinski definition) is 3. The fourth-order valence-corrected chi connectivity index (χ4v) is 3.87. The molecule has 158 valence electrons. The minimum absolute atomic E-state index is 0.0805. The molecule has 0 atom stereocenters. The zero-order chi connectivity index (χ0) is 21.8. The number of ether oxygens (including phenoxy) is 1. The van der Waals surface area contributed by atoms with Crippen LogP contribution in [-0.4, -0.2) is 22.5 Å². The smallest absolute Gasteiger partial charge is 0.324 e. The van der Waals surface area contributed by atoms with Crippen molar-refractivity contribution in [2.45, 2.75) is 11.5 Å². The number of rotatable bonds is 6. The summed E-state index contributed by atoms with van der Waals surface area (Å²) in [6.07, 6.45) is 1.95. The van der Waals surface area contributed by atoms with Gasteiger partial charge in [-0.1, -0.05) is 34.1 Å². The van der Waals surface area contributed by atoms with Crippen LogP contribution in [0, 0.1) is 5.82 Å². The van der Waals surface area contributed by atoms with Gasteiger partial charge in [0.15, 0.2) is 5.82 Å². The Morgan fingerprint density at radius 3 is 2.81 bits per heavy atom. The molecule has 0 fully saturated rings. The van der Waals surface area contributed by atoms with Crippen molar-refractivity contribution in [1.29, 1.82) is 0 Å². The molecule has 0 unspecified atom stereocenters. The molecule has 0 bridgehead atoms. The van der Waals surface area contributed by atoms with Gasteiger partial charge in [0.25, 0.3) is 0 Å². The summed E-state index contributed by atoms with van der Waals surface area (Å²) in [4.78, 5) is 13.4. The Balaban J connectivity index is 1.48. The van der Waals surface area contributed by atoms with Crippen LogP contribution in [-0.2, 0) is 6.61 Å². The number of thioether (sulfide) groups is 1. The molecule has 2 amide bonds. The fraction of sp³-hybridized carbons (Fsp3) is 0.0909. The molecule has 4 rings (SSSR count). The van der Waals surface area contributed by atoms with E-state index in [9.17, 15) is 9.18 Å². The SMILES string of the molecule is CSc1ccccc1NC(=O)Nc1n[nH]c2ccc(OCc3ccc(Br)cc3F)cc12. The monoisotopic (exact) mass is 500 g/mol. The van der Waals surface area contributed by atoms with Gasteiger partial charge in [-0.2, -0.15) is 5.10 Å². The van der Waals surface area contributed by atoms with Gasteiger partial charge in [0.1, 0.15) is 18.2 Å². The lowest BCUT2D eigenvalue weighted by Gasteiger charge is -2.10. The molecule has 4 aromatic rings. The highest BCUT2D eigenvalue weighted by Crippen LogP contribution is 2.28. The number of H-pyrrole nitrogens is 1. The Morgan fingerprint density at radius 2 is 2.00 bits per heavy atom. The van der Waals surface area contributed by atoms with Crippen LogP contribution in [0.5, 0.6) is 5.75 Å². The van der Waals surface area contributed by atoms with Crippen LogP contribution in [0.25, 0.3) is 10.9 Å². The average molecular weight is 501 g/mol. The first kappa shape index (κ1) is 21.2. The number of anilines is 2. The maximum atomic E-state index is 14.0. The zero-order valence-corrected chi connectivity index (χ0v) is 18.8. The highest BCUT2D eigenvalue weighted by molar-refractivity contribution is 9.10. The van der Waals surface area contributed by atoms with E-state index in [0.717, 1.165) is 10.4 Å². The molecular formula is C22H18BrFN4O2S. The first-order chi connectivity index (χ1) is 15.0. The lowest BCUT2D eigenvalue weighted by atomic mass is 10.2. The number of benzene rings is 3. The Morgan fingerprint density at radius 1 is 1.16 bits per heavy atom. The van der Waals surface area contributed by atoms with E-state index in [1.807, 2.05) is 30.5 Å². The lowest BCUT2D eigenvalue weighted by Crippen LogP contribution is -2.20. The Bertz CT molecular complexity index is 1250. The fourth-order valence-electron chi connectivity index (χ4n) is 2.99. The molecule has 1 heterocycles. The van der Waals surface area contributed by atoms with E-state index in [0.29, 0.717) is 32.7 Å². The topological polar surface area (TPSA) is 79.0 Å². The van der Waals surface area contributed by atoms with Crippen LogP contribution in [0.1, 0.15) is 5.56 Å². The highest BCUT2D eigenvalue weighted by atomic mass is 79.9. The summed E-state index contributed by atoms with van der Waals surface area (Å²) in [7, 11) is 0. The van der Waals surface area contributed by atoms with Gasteiger partial charge in [0, 0.05) is 20.3 Å². The van der Waals surface area contributed by atoms with Gasteiger partial charge in [-0.3, -0.25) is 10.4 Å². The summed E-state index contributed by atoms with van der Waals surface area (Å²) < 4.78 is 20.4. The van der Waals surface area contributed by atoms with E-state index in [1.54, 1.807) is 42.1 Å². The lowest BCUT2D eigenvalue weighted by molar-refractivity contribution is 0.262. The molecule has 0 radical (unpaired) electrons. The van der Waals surface area contributed by atoms with Gasteiger partial charge in [0.2, 0.25) is 0 Å². The van der Waals surface area contributed by atoms with Gasteiger partial charge >= 0.3 is 6.03 Å². The highest BCUT2D eigenvalue weighted by Gasteiger charge is 2.12. The van der Waals surface area contributed by atoms with Gasteiger partial charge in [0.05, 0.1) is 11.2 Å². The second-order valence-electron chi connectivity index (χ2n) is 6.58. The summed E-state index contributed by atoms with van der Waals surface area (Å²) in [6.45, 7) is 0.0805. The Hall–Kier alpha value is -3.04. The quantitative estimate of drug-likeness (QED) is 0.267. The Labute approximate surface area is 190 Å². The maximum Gasteiger partial charge on any atom is 0.324 e. The number of nitrogens with zero attached hydrogens (tertiary/aromatic N) is 1. The molecule has 3 N–H and O–H groups in total. The van der Waals surface area contributed by atoms with Crippen LogP contribution in [0.15, 0.2) is 70.0 Å². The third kappa shape index (κ3) is 5.00. The number of carbonyl (C=O) groups excluding carboxylic acids is 1. The zero-order valence-electron chi connectivity index (χ0n) is 16.4. The number of aromatic nitrogens is 2. The average Bonchev–Trinajstić information content (AvgIpc) is 3.15. The molecule has 0 saturated heterocycles. The first-order valence-corrected chi connectivity index (χ1v) is 11.3. The van der Waals surface area contributed by atoms with E-state index in [4.69, 9.17) is 4.74 Å². The van der Waals surface area contributed by atoms with E-state index >= 15 is 0 Å². The first-order valence-electron chi connectivity index (χ1n) is 9.29. The summed E-state index contributed by atoms with van der Waals surface area (Å²) in [5.74, 6) is 0.560. The molecule has 1 aromatic heterocycles.